The normalized spacial score (nSPS) is 22.5. The van der Waals surface area contributed by atoms with Crippen LogP contribution in [0.1, 0.15) is 136 Å². The number of rotatable bonds is 11. The molecule has 0 unspecified atom stereocenters. The maximum absolute atomic E-state index is 7.34. The molecule has 17 aromatic carbocycles. The molecule has 5 nitrogen and oxygen atoms in total. The van der Waals surface area contributed by atoms with Crippen LogP contribution < -0.4 is 24.2 Å². The molecule has 2 spiro atoms. The van der Waals surface area contributed by atoms with Crippen molar-refractivity contribution < 1.29 is 9.47 Å². The molecule has 18 aromatic rings. The molecule has 0 N–H and O–H groups in total. The van der Waals surface area contributed by atoms with Crippen molar-refractivity contribution in [2.24, 2.45) is 47.3 Å². The standard InChI is InChI=1S/C64H48N2OS.C64H55NO/c1-3-12-42(13-4-1)43-22-26-49(27-23-43)65(58-20-11-18-53-52-17-8-10-21-62(52)68-63(53)58)50-28-30-57-61(39-50)67-60-31-25-45(38-59(60)66(57)48-14-5-2-6-15-48)44-24-29-56-54(37-44)51-16-7-9-19-55(51)64(56)46-33-40-32-41(35-46)36-47(64)34-40;1-62(2)54-18-10-8-15-50(54)52-28-26-47(37-59(52)62)65(46-24-21-42(22-25-46)41-13-6-5-7-14-41)48-27-30-57-60(38-48)66-61-49(17-12-20-58(61)63(57,3)4)43-23-29-56-53(36-43)51-16-9-11-19-55(51)64(56)44-32-39-31-40(34-44)35-45(64)33-39/h1-31,37-41,46-47H,32-36H2;5-30,36-40,44-45H,31-35H2,1-4H3. The highest BCUT2D eigenvalue weighted by molar-refractivity contribution is 7.26. The fourth-order valence-electron chi connectivity index (χ4n) is 29.0. The largest absolute Gasteiger partial charge is 0.456 e. The first-order chi connectivity index (χ1) is 65.8. The molecule has 0 atom stereocenters. The predicted octanol–water partition coefficient (Wildman–Crippen LogP) is 35.1. The second-order valence-electron chi connectivity index (χ2n) is 41.8. The van der Waals surface area contributed by atoms with E-state index < -0.39 is 0 Å². The third kappa shape index (κ3) is 11.7. The summed E-state index contributed by atoms with van der Waals surface area (Å²) < 4.78 is 17.0. The van der Waals surface area contributed by atoms with Crippen molar-refractivity contribution in [3.63, 3.8) is 0 Å². The SMILES string of the molecule is CC1(C)c2ccccc2-c2ccc(N(c3ccc(-c4ccccc4)cc3)c3ccc4c(c3)Oc3c(-c5ccc6c(c5)-c5ccccc5C65C6CC7CC(C6)CC5C7)cccc3C4(C)C)cc21.c1ccc(-c2ccc(N(c3ccc4c(c3)Oc3ccc(-c5ccc6c(c5)-c5ccccc5C65C6CC7CC(C6)CC5C7)cc3N4c3ccccc3)c3cccc4c3sc3ccccc34)cc2)cc1. The summed E-state index contributed by atoms with van der Waals surface area (Å²) in [6, 6.07) is 143. The smallest absolute Gasteiger partial charge is 0.153 e. The van der Waals surface area contributed by atoms with Gasteiger partial charge >= 0.3 is 0 Å². The summed E-state index contributed by atoms with van der Waals surface area (Å²) in [5.41, 5.74) is 39.3. The highest BCUT2D eigenvalue weighted by atomic mass is 32.1. The van der Waals surface area contributed by atoms with E-state index in [4.69, 9.17) is 9.47 Å². The van der Waals surface area contributed by atoms with E-state index in [1.807, 2.05) is 11.3 Å². The minimum Gasteiger partial charge on any atom is -0.456 e. The van der Waals surface area contributed by atoms with Crippen molar-refractivity contribution >= 4 is 82.7 Å². The second kappa shape index (κ2) is 29.7. The Kier molecular flexibility index (Phi) is 17.4. The highest BCUT2D eigenvalue weighted by Gasteiger charge is 2.63. The van der Waals surface area contributed by atoms with Crippen LogP contribution in [0.25, 0.3) is 98.1 Å². The first-order valence-electron chi connectivity index (χ1n) is 49.2. The fourth-order valence-corrected chi connectivity index (χ4v) is 30.2. The maximum atomic E-state index is 7.34. The Hall–Kier alpha value is -14.0. The zero-order valence-electron chi connectivity index (χ0n) is 76.1. The molecule has 8 saturated carbocycles. The lowest BCUT2D eigenvalue weighted by molar-refractivity contribution is -0.0399. The molecule has 6 heteroatoms. The number of hydrogen-bond donors (Lipinski definition) is 0. The van der Waals surface area contributed by atoms with Crippen molar-refractivity contribution in [1.82, 2.24) is 0 Å². The Labute approximate surface area is 789 Å². The minimum absolute atomic E-state index is 0.121. The van der Waals surface area contributed by atoms with Crippen LogP contribution in [0.15, 0.2) is 382 Å². The zero-order valence-corrected chi connectivity index (χ0v) is 76.9. The van der Waals surface area contributed by atoms with E-state index in [1.54, 1.807) is 22.3 Å². The van der Waals surface area contributed by atoms with Gasteiger partial charge in [-0.2, -0.15) is 0 Å². The predicted molar refractivity (Wildman–Crippen MR) is 554 cm³/mol. The quantitative estimate of drug-likeness (QED) is 0.129. The summed E-state index contributed by atoms with van der Waals surface area (Å²) in [5, 5.41) is 2.55. The molecule has 0 radical (unpaired) electrons. The van der Waals surface area contributed by atoms with Crippen LogP contribution >= 0.6 is 11.3 Å². The zero-order chi connectivity index (χ0) is 88.6. The van der Waals surface area contributed by atoms with Gasteiger partial charge in [0.15, 0.2) is 11.5 Å². The average molecular weight is 1750 g/mol. The molecule has 2 aliphatic heterocycles. The van der Waals surface area contributed by atoms with E-state index in [9.17, 15) is 0 Å². The van der Waals surface area contributed by atoms with E-state index >= 15 is 0 Å². The molecule has 1 aromatic heterocycles. The van der Waals surface area contributed by atoms with Gasteiger partial charge in [-0.3, -0.25) is 0 Å². The summed E-state index contributed by atoms with van der Waals surface area (Å²) in [4.78, 5) is 7.21. The lowest BCUT2D eigenvalue weighted by Gasteiger charge is -2.61. The minimum atomic E-state index is -0.281. The number of ether oxygens (including phenoxy) is 2. The summed E-state index contributed by atoms with van der Waals surface area (Å²) in [5.74, 6) is 10.3. The number of hydrogen-bond acceptors (Lipinski definition) is 6. The van der Waals surface area contributed by atoms with Crippen molar-refractivity contribution in [1.29, 1.82) is 0 Å². The summed E-state index contributed by atoms with van der Waals surface area (Å²) in [7, 11) is 0. The Morgan fingerprint density at radius 3 is 1.32 bits per heavy atom. The van der Waals surface area contributed by atoms with Gasteiger partial charge in [-0.25, -0.2) is 0 Å². The van der Waals surface area contributed by atoms with Crippen molar-refractivity contribution in [3.05, 3.63) is 427 Å². The molecule has 3 heterocycles. The summed E-state index contributed by atoms with van der Waals surface area (Å²) in [6.45, 7) is 9.47. The molecule has 134 heavy (non-hydrogen) atoms. The number of thiophene rings is 1. The number of benzene rings is 17. The van der Waals surface area contributed by atoms with Crippen molar-refractivity contribution in [3.8, 4) is 101 Å². The average Bonchev–Trinajstić information content (AvgIpc) is 1.50. The van der Waals surface area contributed by atoms with Crippen LogP contribution in [0.2, 0.25) is 0 Å². The third-order valence-electron chi connectivity index (χ3n) is 34.3. The van der Waals surface area contributed by atoms with Gasteiger partial charge in [-0.15, -0.1) is 11.3 Å². The molecule has 11 aliphatic carbocycles. The van der Waals surface area contributed by atoms with Crippen LogP contribution in [-0.2, 0) is 21.7 Å². The van der Waals surface area contributed by atoms with Gasteiger partial charge in [0.05, 0.1) is 27.4 Å². The van der Waals surface area contributed by atoms with Gasteiger partial charge in [0.1, 0.15) is 11.5 Å². The Morgan fingerprint density at radius 2 is 0.687 bits per heavy atom. The maximum Gasteiger partial charge on any atom is 0.153 e. The van der Waals surface area contributed by atoms with Gasteiger partial charge < -0.3 is 24.2 Å². The van der Waals surface area contributed by atoms with Crippen molar-refractivity contribution in [2.45, 2.75) is 114 Å². The van der Waals surface area contributed by atoms with Crippen LogP contribution in [0, 0.1) is 47.3 Å². The molecular formula is C128H103N3O2S. The molecule has 8 bridgehead atoms. The Morgan fingerprint density at radius 1 is 0.261 bits per heavy atom. The second-order valence-corrected chi connectivity index (χ2v) is 42.9. The lowest BCUT2D eigenvalue weighted by Crippen LogP contribution is -2.55. The monoisotopic (exact) mass is 1750 g/mol. The van der Waals surface area contributed by atoms with Crippen LogP contribution in [0.4, 0.5) is 51.2 Å². The van der Waals surface area contributed by atoms with Gasteiger partial charge in [-0.1, -0.05) is 295 Å². The van der Waals surface area contributed by atoms with Crippen LogP contribution in [0.5, 0.6) is 23.0 Å². The molecular weight excluding hydrogens is 1640 g/mol. The van der Waals surface area contributed by atoms with E-state index in [-0.39, 0.29) is 21.7 Å². The van der Waals surface area contributed by atoms with E-state index in [0.29, 0.717) is 0 Å². The third-order valence-corrected chi connectivity index (χ3v) is 35.6. The van der Waals surface area contributed by atoms with Gasteiger partial charge in [0, 0.05) is 94.4 Å². The molecule has 8 fully saturated rings. The van der Waals surface area contributed by atoms with E-state index in [1.165, 1.54) is 179 Å². The molecule has 31 rings (SSSR count). The van der Waals surface area contributed by atoms with E-state index in [2.05, 4.69) is 425 Å². The molecule has 648 valence electrons. The number of para-hydroxylation sites is 2. The van der Waals surface area contributed by atoms with Crippen molar-refractivity contribution in [2.75, 3.05) is 14.7 Å². The number of fused-ring (bicyclic) bond motifs is 16. The fraction of sp³-hybridized carbons (Fsp3) is 0.203. The first-order valence-corrected chi connectivity index (χ1v) is 50.0. The highest BCUT2D eigenvalue weighted by Crippen LogP contribution is 2.72. The molecule has 0 amide bonds. The molecule has 0 saturated heterocycles. The Balaban J connectivity index is 0.000000133. The van der Waals surface area contributed by atoms with E-state index in [0.717, 1.165) is 127 Å². The van der Waals surface area contributed by atoms with Gasteiger partial charge in [0.2, 0.25) is 0 Å². The number of anilines is 9. The van der Waals surface area contributed by atoms with Crippen LogP contribution in [0.3, 0.4) is 0 Å². The Bertz CT molecular complexity index is 7800. The van der Waals surface area contributed by atoms with Gasteiger partial charge in [-0.05, 0) is 320 Å². The topological polar surface area (TPSA) is 28.2 Å². The van der Waals surface area contributed by atoms with Crippen LogP contribution in [-0.4, -0.2) is 0 Å². The van der Waals surface area contributed by atoms with Gasteiger partial charge in [0.25, 0.3) is 0 Å². The number of nitrogens with zero attached hydrogens (tertiary/aromatic N) is 3. The first kappa shape index (κ1) is 78.6. The summed E-state index contributed by atoms with van der Waals surface area (Å²) >= 11 is 1.86. The summed E-state index contributed by atoms with van der Waals surface area (Å²) in [6.07, 6.45) is 14.1. The lowest BCUT2D eigenvalue weighted by atomic mass is 9.43. The molecule has 13 aliphatic rings.